The molecule has 0 unspecified atom stereocenters. The number of carbonyl (C=O) groups excluding carboxylic acids is 1. The molecule has 0 saturated carbocycles. The number of sulfonamides is 1. The number of hydrogen-bond acceptors (Lipinski definition) is 6. The minimum absolute atomic E-state index is 0.0236. The van der Waals surface area contributed by atoms with Crippen LogP contribution in [0.1, 0.15) is 30.4 Å². The summed E-state index contributed by atoms with van der Waals surface area (Å²) in [5.74, 6) is 0.835. The van der Waals surface area contributed by atoms with Crippen LogP contribution in [0.15, 0.2) is 47.4 Å². The van der Waals surface area contributed by atoms with Crippen LogP contribution < -0.4 is 4.74 Å². The Labute approximate surface area is 194 Å². The van der Waals surface area contributed by atoms with Crippen molar-refractivity contribution in [2.24, 2.45) is 0 Å². The maximum Gasteiger partial charge on any atom is 0.289 e. The van der Waals surface area contributed by atoms with Gasteiger partial charge in [-0.3, -0.25) is 14.9 Å². The van der Waals surface area contributed by atoms with Gasteiger partial charge in [0.05, 0.1) is 11.5 Å². The van der Waals surface area contributed by atoms with E-state index >= 15 is 0 Å². The van der Waals surface area contributed by atoms with E-state index in [1.165, 1.54) is 28.6 Å². The number of nitrogens with zero attached hydrogens (tertiary/aromatic N) is 3. The highest BCUT2D eigenvalue weighted by molar-refractivity contribution is 7.89. The third-order valence-corrected chi connectivity index (χ3v) is 7.60. The van der Waals surface area contributed by atoms with Crippen molar-refractivity contribution in [1.82, 2.24) is 9.21 Å². The average molecular weight is 476 g/mol. The number of benzene rings is 2. The van der Waals surface area contributed by atoms with Gasteiger partial charge in [-0.1, -0.05) is 24.3 Å². The molecule has 1 aliphatic heterocycles. The molecular formula is C23H29N3O6S. The third kappa shape index (κ3) is 6.08. The standard InChI is InChI=1S/C23H29N3O6S/c1-18-10-11-19(2)21(17-18)32-16-6-5-9-23(27)24-12-14-25(15-13-24)33(30,31)22-8-4-3-7-20(22)26(28)29/h3-4,7-8,10-11,17H,5-6,9,12-16H2,1-2H3. The highest BCUT2D eigenvalue weighted by Gasteiger charge is 2.34. The molecule has 0 bridgehead atoms. The number of nitro groups is 1. The molecular weight excluding hydrogens is 446 g/mol. The molecule has 1 fully saturated rings. The van der Waals surface area contributed by atoms with Gasteiger partial charge in [-0.25, -0.2) is 8.42 Å². The first-order chi connectivity index (χ1) is 15.7. The zero-order valence-corrected chi connectivity index (χ0v) is 19.7. The molecule has 3 rings (SSSR count). The van der Waals surface area contributed by atoms with E-state index < -0.39 is 20.6 Å². The van der Waals surface area contributed by atoms with Crippen molar-refractivity contribution in [3.05, 3.63) is 63.7 Å². The molecule has 2 aromatic carbocycles. The number of carbonyl (C=O) groups is 1. The van der Waals surface area contributed by atoms with Crippen molar-refractivity contribution in [2.45, 2.75) is 38.0 Å². The summed E-state index contributed by atoms with van der Waals surface area (Å²) in [6, 6.07) is 11.4. The molecule has 9 nitrogen and oxygen atoms in total. The fourth-order valence-electron chi connectivity index (χ4n) is 3.72. The van der Waals surface area contributed by atoms with E-state index in [1.54, 1.807) is 4.90 Å². The minimum Gasteiger partial charge on any atom is -0.493 e. The van der Waals surface area contributed by atoms with Crippen LogP contribution >= 0.6 is 0 Å². The maximum absolute atomic E-state index is 12.9. The summed E-state index contributed by atoms with van der Waals surface area (Å²) in [7, 11) is -4.01. The molecule has 33 heavy (non-hydrogen) atoms. The number of ether oxygens (including phenoxy) is 1. The van der Waals surface area contributed by atoms with Gasteiger partial charge in [-0.15, -0.1) is 0 Å². The van der Waals surface area contributed by atoms with Crippen molar-refractivity contribution < 1.29 is 22.9 Å². The molecule has 1 saturated heterocycles. The van der Waals surface area contributed by atoms with Crippen molar-refractivity contribution >= 4 is 21.6 Å². The summed E-state index contributed by atoms with van der Waals surface area (Å²) < 4.78 is 32.8. The van der Waals surface area contributed by atoms with Gasteiger partial charge in [0, 0.05) is 38.7 Å². The van der Waals surface area contributed by atoms with Crippen LogP contribution in [0.2, 0.25) is 0 Å². The van der Waals surface area contributed by atoms with Gasteiger partial charge >= 0.3 is 0 Å². The lowest BCUT2D eigenvalue weighted by Gasteiger charge is -2.34. The summed E-state index contributed by atoms with van der Waals surface area (Å²) in [6.45, 7) is 5.27. The average Bonchev–Trinajstić information content (AvgIpc) is 2.81. The van der Waals surface area contributed by atoms with Gasteiger partial charge in [-0.2, -0.15) is 4.31 Å². The maximum atomic E-state index is 12.9. The van der Waals surface area contributed by atoms with Crippen LogP contribution in [0.25, 0.3) is 0 Å². The highest BCUT2D eigenvalue weighted by atomic mass is 32.2. The highest BCUT2D eigenvalue weighted by Crippen LogP contribution is 2.27. The van der Waals surface area contributed by atoms with Crippen LogP contribution in [-0.2, 0) is 14.8 Å². The molecule has 0 spiro atoms. The van der Waals surface area contributed by atoms with E-state index in [1.807, 2.05) is 32.0 Å². The summed E-state index contributed by atoms with van der Waals surface area (Å²) in [4.78, 5) is 24.4. The quantitative estimate of drug-likeness (QED) is 0.313. The van der Waals surface area contributed by atoms with Gasteiger partial charge in [0.25, 0.3) is 5.69 Å². The summed E-state index contributed by atoms with van der Waals surface area (Å²) >= 11 is 0. The number of para-hydroxylation sites is 1. The first kappa shape index (κ1) is 24.7. The SMILES string of the molecule is Cc1ccc(C)c(OCCCCC(=O)N2CCN(S(=O)(=O)c3ccccc3[N+](=O)[O-])CC2)c1. The molecule has 10 heteroatoms. The number of rotatable bonds is 9. The Morgan fingerprint density at radius 3 is 2.45 bits per heavy atom. The van der Waals surface area contributed by atoms with Crippen molar-refractivity contribution in [1.29, 1.82) is 0 Å². The first-order valence-electron chi connectivity index (χ1n) is 10.9. The zero-order valence-electron chi connectivity index (χ0n) is 18.9. The number of unbranched alkanes of at least 4 members (excludes halogenated alkanes) is 1. The second-order valence-electron chi connectivity index (χ2n) is 8.08. The zero-order chi connectivity index (χ0) is 24.0. The lowest BCUT2D eigenvalue weighted by Crippen LogP contribution is -2.50. The van der Waals surface area contributed by atoms with Crippen LogP contribution in [0.3, 0.4) is 0 Å². The van der Waals surface area contributed by atoms with E-state index in [2.05, 4.69) is 0 Å². The molecule has 2 aromatic rings. The van der Waals surface area contributed by atoms with E-state index in [-0.39, 0.29) is 37.0 Å². The Kier molecular flexibility index (Phi) is 8.04. The number of hydrogen-bond donors (Lipinski definition) is 0. The third-order valence-electron chi connectivity index (χ3n) is 5.66. The lowest BCUT2D eigenvalue weighted by atomic mass is 10.1. The second kappa shape index (κ2) is 10.8. The number of piperazine rings is 1. The topological polar surface area (TPSA) is 110 Å². The monoisotopic (exact) mass is 475 g/mol. The Hall–Kier alpha value is -2.98. The van der Waals surface area contributed by atoms with Gasteiger partial charge in [0.2, 0.25) is 15.9 Å². The van der Waals surface area contributed by atoms with Gasteiger partial charge in [-0.05, 0) is 49.9 Å². The molecule has 0 aromatic heterocycles. The minimum atomic E-state index is -4.01. The Bertz CT molecular complexity index is 1110. The Morgan fingerprint density at radius 2 is 1.76 bits per heavy atom. The van der Waals surface area contributed by atoms with Crippen molar-refractivity contribution in [3.8, 4) is 5.75 Å². The largest absolute Gasteiger partial charge is 0.493 e. The first-order valence-corrected chi connectivity index (χ1v) is 12.4. The molecule has 1 aliphatic rings. The number of aryl methyl sites for hydroxylation is 2. The molecule has 0 radical (unpaired) electrons. The lowest BCUT2D eigenvalue weighted by molar-refractivity contribution is -0.387. The Morgan fingerprint density at radius 1 is 1.06 bits per heavy atom. The van der Waals surface area contributed by atoms with Gasteiger partial charge < -0.3 is 9.64 Å². The normalized spacial score (nSPS) is 14.8. The number of amides is 1. The van der Waals surface area contributed by atoms with E-state index in [9.17, 15) is 23.3 Å². The predicted octanol–water partition coefficient (Wildman–Crippen LogP) is 3.29. The van der Waals surface area contributed by atoms with Gasteiger partial charge in [0.15, 0.2) is 4.90 Å². The fourth-order valence-corrected chi connectivity index (χ4v) is 5.30. The molecule has 1 heterocycles. The van der Waals surface area contributed by atoms with E-state index in [0.717, 1.165) is 23.3 Å². The molecule has 178 valence electrons. The molecule has 1 amide bonds. The summed E-state index contributed by atoms with van der Waals surface area (Å²) in [5.41, 5.74) is 1.76. The second-order valence-corrected chi connectivity index (χ2v) is 9.99. The summed E-state index contributed by atoms with van der Waals surface area (Å²) in [5, 5.41) is 11.2. The Balaban J connectivity index is 1.45. The van der Waals surface area contributed by atoms with E-state index in [0.29, 0.717) is 19.4 Å². The molecule has 0 atom stereocenters. The predicted molar refractivity (Wildman–Crippen MR) is 124 cm³/mol. The van der Waals surface area contributed by atoms with Crippen LogP contribution in [0.5, 0.6) is 5.75 Å². The van der Waals surface area contributed by atoms with Crippen LogP contribution in [0, 0.1) is 24.0 Å². The molecule has 0 aliphatic carbocycles. The van der Waals surface area contributed by atoms with Gasteiger partial charge in [0.1, 0.15) is 5.75 Å². The van der Waals surface area contributed by atoms with Crippen LogP contribution in [0.4, 0.5) is 5.69 Å². The molecule has 0 N–H and O–H groups in total. The number of nitro benzene ring substituents is 1. The smallest absolute Gasteiger partial charge is 0.289 e. The van der Waals surface area contributed by atoms with Crippen LogP contribution in [-0.4, -0.2) is 61.2 Å². The summed E-state index contributed by atoms with van der Waals surface area (Å²) in [6.07, 6.45) is 1.79. The van der Waals surface area contributed by atoms with Crippen molar-refractivity contribution in [3.63, 3.8) is 0 Å². The van der Waals surface area contributed by atoms with Crippen molar-refractivity contribution in [2.75, 3.05) is 32.8 Å². The van der Waals surface area contributed by atoms with E-state index in [4.69, 9.17) is 4.74 Å². The fraction of sp³-hybridized carbons (Fsp3) is 0.435.